The van der Waals surface area contributed by atoms with Gasteiger partial charge in [-0.25, -0.2) is 19.7 Å². The number of hydrogen-bond acceptors (Lipinski definition) is 4. The van der Waals surface area contributed by atoms with Crippen LogP contribution in [0, 0.1) is 12.8 Å². The lowest BCUT2D eigenvalue weighted by Crippen LogP contribution is -2.34. The van der Waals surface area contributed by atoms with Crippen molar-refractivity contribution in [3.63, 3.8) is 0 Å². The number of nitrogens with one attached hydrogen (secondary N) is 2. The molecular formula is C15H17N5O. The summed E-state index contributed by atoms with van der Waals surface area (Å²) in [5.74, 6) is 1.62. The molecule has 0 spiro atoms. The summed E-state index contributed by atoms with van der Waals surface area (Å²) in [7, 11) is 0. The number of pyridine rings is 1. The van der Waals surface area contributed by atoms with Crippen LogP contribution in [-0.2, 0) is 0 Å². The van der Waals surface area contributed by atoms with E-state index in [0.717, 1.165) is 18.5 Å². The molecule has 0 aromatic carbocycles. The summed E-state index contributed by atoms with van der Waals surface area (Å²) in [6, 6.07) is 6.79. The van der Waals surface area contributed by atoms with Gasteiger partial charge in [-0.15, -0.1) is 0 Å². The lowest BCUT2D eigenvalue weighted by atomic mass is 10.1. The highest BCUT2D eigenvalue weighted by Gasteiger charge is 2.35. The van der Waals surface area contributed by atoms with Crippen LogP contribution in [0.1, 0.15) is 30.4 Å². The maximum absolute atomic E-state index is 12.1. The number of nitrogens with zero attached hydrogens (tertiary/aromatic N) is 3. The van der Waals surface area contributed by atoms with Gasteiger partial charge >= 0.3 is 6.03 Å². The Kier molecular flexibility index (Phi) is 3.77. The molecule has 2 aromatic rings. The van der Waals surface area contributed by atoms with Crippen molar-refractivity contribution in [3.05, 3.63) is 48.2 Å². The van der Waals surface area contributed by atoms with E-state index in [1.165, 1.54) is 0 Å². The Morgan fingerprint density at radius 1 is 1.24 bits per heavy atom. The lowest BCUT2D eigenvalue weighted by molar-refractivity contribution is 0.246. The van der Waals surface area contributed by atoms with Crippen LogP contribution in [0.4, 0.5) is 10.6 Å². The summed E-state index contributed by atoms with van der Waals surface area (Å²) in [5.41, 5.74) is 0.901. The Morgan fingerprint density at radius 3 is 2.76 bits per heavy atom. The van der Waals surface area contributed by atoms with Crippen LogP contribution in [0.3, 0.4) is 0 Å². The van der Waals surface area contributed by atoms with Gasteiger partial charge in [0, 0.05) is 18.1 Å². The molecule has 6 nitrogen and oxygen atoms in total. The third kappa shape index (κ3) is 3.53. The van der Waals surface area contributed by atoms with Crippen LogP contribution in [0.25, 0.3) is 0 Å². The van der Waals surface area contributed by atoms with Gasteiger partial charge in [-0.2, -0.15) is 0 Å². The predicted molar refractivity (Wildman–Crippen MR) is 78.6 cm³/mol. The van der Waals surface area contributed by atoms with E-state index in [9.17, 15) is 4.79 Å². The fourth-order valence-corrected chi connectivity index (χ4v) is 2.17. The highest BCUT2D eigenvalue weighted by atomic mass is 16.2. The zero-order valence-corrected chi connectivity index (χ0v) is 11.8. The Bertz CT molecular complexity index is 627. The van der Waals surface area contributed by atoms with Crippen molar-refractivity contribution in [1.29, 1.82) is 0 Å². The first-order valence-corrected chi connectivity index (χ1v) is 7.00. The van der Waals surface area contributed by atoms with Gasteiger partial charge in [0.15, 0.2) is 5.82 Å². The van der Waals surface area contributed by atoms with E-state index in [-0.39, 0.29) is 12.1 Å². The van der Waals surface area contributed by atoms with E-state index in [1.807, 2.05) is 19.1 Å². The molecule has 1 saturated carbocycles. The smallest absolute Gasteiger partial charge is 0.321 e. The number of urea groups is 1. The molecule has 0 aliphatic heterocycles. The molecule has 1 aliphatic carbocycles. The zero-order chi connectivity index (χ0) is 14.7. The Morgan fingerprint density at radius 2 is 2.10 bits per heavy atom. The number of carbonyl (C=O) groups is 1. The van der Waals surface area contributed by atoms with Crippen LogP contribution in [-0.4, -0.2) is 21.0 Å². The standard InChI is InChI=1S/C15H17N5O/c1-10-7-9-17-14(18-10)13(11-5-6-11)20-15(21)19-12-4-2-3-8-16-12/h2-4,7-9,11,13H,5-6H2,1H3,(H2,16,19,20,21)/t13-/m1/s1. The molecule has 1 atom stereocenters. The molecule has 2 aromatic heterocycles. The third-order valence-corrected chi connectivity index (χ3v) is 3.38. The minimum Gasteiger partial charge on any atom is -0.328 e. The topological polar surface area (TPSA) is 79.8 Å². The Labute approximate surface area is 123 Å². The maximum Gasteiger partial charge on any atom is 0.321 e. The molecule has 21 heavy (non-hydrogen) atoms. The fraction of sp³-hybridized carbons (Fsp3) is 0.333. The number of amides is 2. The number of carbonyl (C=O) groups excluding carboxylic acids is 1. The monoisotopic (exact) mass is 283 g/mol. The normalized spacial score (nSPS) is 15.3. The van der Waals surface area contributed by atoms with Crippen molar-refractivity contribution < 1.29 is 4.79 Å². The molecular weight excluding hydrogens is 266 g/mol. The van der Waals surface area contributed by atoms with Crippen molar-refractivity contribution >= 4 is 11.8 Å². The van der Waals surface area contributed by atoms with Crippen LogP contribution in [0.5, 0.6) is 0 Å². The maximum atomic E-state index is 12.1. The van der Waals surface area contributed by atoms with Crippen molar-refractivity contribution in [2.75, 3.05) is 5.32 Å². The fourth-order valence-electron chi connectivity index (χ4n) is 2.17. The highest BCUT2D eigenvalue weighted by Crippen LogP contribution is 2.39. The molecule has 2 N–H and O–H groups in total. The van der Waals surface area contributed by atoms with Gasteiger partial charge in [0.05, 0.1) is 6.04 Å². The summed E-state index contributed by atoms with van der Waals surface area (Å²) in [4.78, 5) is 24.9. The lowest BCUT2D eigenvalue weighted by Gasteiger charge is -2.17. The van der Waals surface area contributed by atoms with Gasteiger partial charge in [-0.3, -0.25) is 5.32 Å². The average Bonchev–Trinajstić information content (AvgIpc) is 3.30. The van der Waals surface area contributed by atoms with Crippen LogP contribution < -0.4 is 10.6 Å². The quantitative estimate of drug-likeness (QED) is 0.903. The van der Waals surface area contributed by atoms with Crippen LogP contribution >= 0.6 is 0 Å². The second-order valence-electron chi connectivity index (χ2n) is 5.18. The number of hydrogen-bond donors (Lipinski definition) is 2. The van der Waals surface area contributed by atoms with Crippen LogP contribution in [0.2, 0.25) is 0 Å². The predicted octanol–water partition coefficient (Wildman–Crippen LogP) is 2.45. The molecule has 0 unspecified atom stereocenters. The van der Waals surface area contributed by atoms with Gasteiger partial charge in [0.25, 0.3) is 0 Å². The van der Waals surface area contributed by atoms with Crippen molar-refractivity contribution in [3.8, 4) is 0 Å². The molecule has 0 bridgehead atoms. The second kappa shape index (κ2) is 5.87. The summed E-state index contributed by atoms with van der Waals surface area (Å²) in [6.45, 7) is 1.92. The molecule has 6 heteroatoms. The molecule has 3 rings (SSSR count). The Hall–Kier alpha value is -2.50. The van der Waals surface area contributed by atoms with Crippen molar-refractivity contribution in [2.24, 2.45) is 5.92 Å². The van der Waals surface area contributed by atoms with Gasteiger partial charge in [-0.1, -0.05) is 6.07 Å². The van der Waals surface area contributed by atoms with Gasteiger partial charge in [0.2, 0.25) is 0 Å². The minimum atomic E-state index is -0.282. The van der Waals surface area contributed by atoms with Gasteiger partial charge in [0.1, 0.15) is 5.82 Å². The summed E-state index contributed by atoms with van der Waals surface area (Å²) < 4.78 is 0. The van der Waals surface area contributed by atoms with Crippen LogP contribution in [0.15, 0.2) is 36.7 Å². The first-order valence-electron chi connectivity index (χ1n) is 7.00. The second-order valence-corrected chi connectivity index (χ2v) is 5.18. The zero-order valence-electron chi connectivity index (χ0n) is 11.8. The minimum absolute atomic E-state index is 0.145. The number of aromatic nitrogens is 3. The summed E-state index contributed by atoms with van der Waals surface area (Å²) >= 11 is 0. The van der Waals surface area contributed by atoms with Crippen molar-refractivity contribution in [1.82, 2.24) is 20.3 Å². The molecule has 1 fully saturated rings. The van der Waals surface area contributed by atoms with Gasteiger partial charge < -0.3 is 5.32 Å². The summed E-state index contributed by atoms with van der Waals surface area (Å²) in [6.07, 6.45) is 5.54. The van der Waals surface area contributed by atoms with E-state index < -0.39 is 0 Å². The number of anilines is 1. The molecule has 0 radical (unpaired) electrons. The van der Waals surface area contributed by atoms with E-state index in [2.05, 4.69) is 25.6 Å². The largest absolute Gasteiger partial charge is 0.328 e. The SMILES string of the molecule is Cc1ccnc([C@H](NC(=O)Nc2ccccn2)C2CC2)n1. The number of rotatable bonds is 4. The van der Waals surface area contributed by atoms with E-state index >= 15 is 0 Å². The van der Waals surface area contributed by atoms with E-state index in [1.54, 1.807) is 24.5 Å². The van der Waals surface area contributed by atoms with Crippen molar-refractivity contribution in [2.45, 2.75) is 25.8 Å². The average molecular weight is 283 g/mol. The highest BCUT2D eigenvalue weighted by molar-refractivity contribution is 5.88. The molecule has 108 valence electrons. The number of aryl methyl sites for hydroxylation is 1. The molecule has 2 heterocycles. The van der Waals surface area contributed by atoms with E-state index in [4.69, 9.17) is 0 Å². The third-order valence-electron chi connectivity index (χ3n) is 3.38. The molecule has 2 amide bonds. The Balaban J connectivity index is 1.69. The van der Waals surface area contributed by atoms with Gasteiger partial charge in [-0.05, 0) is 43.9 Å². The first kappa shape index (κ1) is 13.5. The molecule has 0 saturated heterocycles. The first-order chi connectivity index (χ1) is 10.2. The summed E-state index contributed by atoms with van der Waals surface area (Å²) in [5, 5.41) is 5.68. The van der Waals surface area contributed by atoms with E-state index in [0.29, 0.717) is 17.6 Å². The molecule has 1 aliphatic rings.